The molecule has 1 amide bonds. The first-order chi connectivity index (χ1) is 13.0. The molecule has 2 rings (SSSR count). The van der Waals surface area contributed by atoms with Gasteiger partial charge in [0.25, 0.3) is 0 Å². The molecular weight excluding hydrogens is 342 g/mol. The quantitative estimate of drug-likeness (QED) is 0.690. The Hall–Kier alpha value is -2.69. The van der Waals surface area contributed by atoms with Gasteiger partial charge in [-0.1, -0.05) is 12.1 Å². The van der Waals surface area contributed by atoms with Crippen molar-refractivity contribution in [3.8, 4) is 17.2 Å². The molecule has 0 unspecified atom stereocenters. The maximum Gasteiger partial charge on any atom is 0.220 e. The van der Waals surface area contributed by atoms with Gasteiger partial charge in [-0.05, 0) is 68.1 Å². The summed E-state index contributed by atoms with van der Waals surface area (Å²) in [6.07, 6.45) is 1.97. The average molecular weight is 371 g/mol. The highest BCUT2D eigenvalue weighted by Crippen LogP contribution is 2.25. The van der Waals surface area contributed by atoms with E-state index in [4.69, 9.17) is 14.2 Å². The monoisotopic (exact) mass is 371 g/mol. The van der Waals surface area contributed by atoms with Crippen LogP contribution in [0.1, 0.15) is 31.4 Å². The summed E-state index contributed by atoms with van der Waals surface area (Å²) in [6, 6.07) is 13.6. The van der Waals surface area contributed by atoms with Gasteiger partial charge in [0.1, 0.15) is 17.2 Å². The minimum absolute atomic E-state index is 0.0274. The van der Waals surface area contributed by atoms with Crippen molar-refractivity contribution >= 4 is 5.91 Å². The average Bonchev–Trinajstić information content (AvgIpc) is 2.67. The third-order valence-corrected chi connectivity index (χ3v) is 4.14. The van der Waals surface area contributed by atoms with Crippen molar-refractivity contribution in [2.75, 3.05) is 20.8 Å². The number of ether oxygens (including phenoxy) is 3. The third-order valence-electron chi connectivity index (χ3n) is 4.14. The molecule has 27 heavy (non-hydrogen) atoms. The van der Waals surface area contributed by atoms with Crippen molar-refractivity contribution < 1.29 is 19.0 Å². The first kappa shape index (κ1) is 20.6. The van der Waals surface area contributed by atoms with E-state index in [1.54, 1.807) is 14.2 Å². The molecule has 0 radical (unpaired) electrons. The van der Waals surface area contributed by atoms with Gasteiger partial charge in [-0.3, -0.25) is 4.79 Å². The van der Waals surface area contributed by atoms with Gasteiger partial charge >= 0.3 is 0 Å². The second kappa shape index (κ2) is 10.5. The zero-order valence-corrected chi connectivity index (χ0v) is 16.6. The van der Waals surface area contributed by atoms with Gasteiger partial charge in [0.05, 0.1) is 20.3 Å². The van der Waals surface area contributed by atoms with E-state index in [1.807, 2.05) is 56.3 Å². The van der Waals surface area contributed by atoms with Crippen LogP contribution < -0.4 is 19.5 Å². The van der Waals surface area contributed by atoms with Crippen LogP contribution in [0.2, 0.25) is 0 Å². The number of amides is 1. The molecule has 2 aromatic rings. The van der Waals surface area contributed by atoms with Gasteiger partial charge < -0.3 is 19.5 Å². The second-order valence-electron chi connectivity index (χ2n) is 6.59. The van der Waals surface area contributed by atoms with E-state index in [0.29, 0.717) is 19.4 Å². The number of rotatable bonds is 10. The van der Waals surface area contributed by atoms with E-state index < -0.39 is 0 Å². The Morgan fingerprint density at radius 2 is 1.67 bits per heavy atom. The summed E-state index contributed by atoms with van der Waals surface area (Å²) in [5, 5.41) is 2.97. The summed E-state index contributed by atoms with van der Waals surface area (Å²) < 4.78 is 16.2. The third kappa shape index (κ3) is 6.85. The van der Waals surface area contributed by atoms with Crippen LogP contribution in [0.5, 0.6) is 17.2 Å². The molecule has 146 valence electrons. The minimum atomic E-state index is 0.0274. The van der Waals surface area contributed by atoms with Gasteiger partial charge in [0.15, 0.2) is 0 Å². The number of carbonyl (C=O) groups excluding carboxylic acids is 1. The number of hydrogen-bond donors (Lipinski definition) is 1. The van der Waals surface area contributed by atoms with Gasteiger partial charge in [-0.15, -0.1) is 0 Å². The number of nitrogens with one attached hydrogen (secondary N) is 1. The molecule has 0 aliphatic rings. The molecule has 0 heterocycles. The van der Waals surface area contributed by atoms with E-state index in [2.05, 4.69) is 5.32 Å². The van der Waals surface area contributed by atoms with Crippen molar-refractivity contribution in [1.82, 2.24) is 5.32 Å². The molecular formula is C22H29NO4. The summed E-state index contributed by atoms with van der Waals surface area (Å²) >= 11 is 0. The first-order valence-electron chi connectivity index (χ1n) is 9.25. The Morgan fingerprint density at radius 3 is 2.30 bits per heavy atom. The molecule has 0 bridgehead atoms. The fourth-order valence-corrected chi connectivity index (χ4v) is 2.77. The fourth-order valence-electron chi connectivity index (χ4n) is 2.77. The van der Waals surface area contributed by atoms with Crippen molar-refractivity contribution in [1.29, 1.82) is 0 Å². The van der Waals surface area contributed by atoms with Crippen LogP contribution in [0.15, 0.2) is 42.5 Å². The fraction of sp³-hybridized carbons (Fsp3) is 0.409. The normalized spacial score (nSPS) is 10.6. The van der Waals surface area contributed by atoms with Crippen LogP contribution in [0.4, 0.5) is 0 Å². The number of methoxy groups -OCH3 is 2. The van der Waals surface area contributed by atoms with Gasteiger partial charge in [0.2, 0.25) is 5.91 Å². The van der Waals surface area contributed by atoms with Gasteiger partial charge in [-0.2, -0.15) is 0 Å². The SMILES string of the molecule is COc1ccc(OC)c(CCC(=O)NCCc2ccc(OC(C)C)cc2)c1. The summed E-state index contributed by atoms with van der Waals surface area (Å²) in [4.78, 5) is 12.1. The van der Waals surface area contributed by atoms with Crippen molar-refractivity contribution in [2.45, 2.75) is 39.2 Å². The molecule has 0 atom stereocenters. The molecule has 0 spiro atoms. The van der Waals surface area contributed by atoms with Gasteiger partial charge in [0, 0.05) is 13.0 Å². The maximum atomic E-state index is 12.1. The van der Waals surface area contributed by atoms with E-state index in [-0.39, 0.29) is 12.0 Å². The van der Waals surface area contributed by atoms with Crippen LogP contribution >= 0.6 is 0 Å². The van der Waals surface area contributed by atoms with Gasteiger partial charge in [-0.25, -0.2) is 0 Å². The number of aryl methyl sites for hydroxylation is 1. The lowest BCUT2D eigenvalue weighted by atomic mass is 10.1. The molecule has 1 N–H and O–H groups in total. The second-order valence-corrected chi connectivity index (χ2v) is 6.59. The summed E-state index contributed by atoms with van der Waals surface area (Å²) in [6.45, 7) is 4.62. The van der Waals surface area contributed by atoms with Crippen molar-refractivity contribution in [2.24, 2.45) is 0 Å². The molecule has 2 aromatic carbocycles. The lowest BCUT2D eigenvalue weighted by Gasteiger charge is -2.11. The lowest BCUT2D eigenvalue weighted by molar-refractivity contribution is -0.121. The van der Waals surface area contributed by atoms with Crippen LogP contribution in [-0.4, -0.2) is 32.8 Å². The van der Waals surface area contributed by atoms with Crippen LogP contribution in [0, 0.1) is 0 Å². The number of benzene rings is 2. The minimum Gasteiger partial charge on any atom is -0.497 e. The molecule has 5 nitrogen and oxygen atoms in total. The predicted octanol–water partition coefficient (Wildman–Crippen LogP) is 3.78. The van der Waals surface area contributed by atoms with Crippen LogP contribution in [0.3, 0.4) is 0 Å². The molecule has 0 saturated carbocycles. The van der Waals surface area contributed by atoms with Crippen molar-refractivity contribution in [3.63, 3.8) is 0 Å². The highest BCUT2D eigenvalue weighted by atomic mass is 16.5. The van der Waals surface area contributed by atoms with E-state index in [1.165, 1.54) is 5.56 Å². The molecule has 0 aromatic heterocycles. The first-order valence-corrected chi connectivity index (χ1v) is 9.25. The Balaban J connectivity index is 1.76. The highest BCUT2D eigenvalue weighted by Gasteiger charge is 2.08. The number of hydrogen-bond acceptors (Lipinski definition) is 4. The maximum absolute atomic E-state index is 12.1. The summed E-state index contributed by atoms with van der Waals surface area (Å²) in [5.74, 6) is 2.42. The van der Waals surface area contributed by atoms with Crippen LogP contribution in [0.25, 0.3) is 0 Å². The van der Waals surface area contributed by atoms with E-state index >= 15 is 0 Å². The molecule has 0 aliphatic heterocycles. The highest BCUT2D eigenvalue weighted by molar-refractivity contribution is 5.76. The Kier molecular flexibility index (Phi) is 7.99. The standard InChI is InChI=1S/C22H29NO4/c1-16(2)27-19-8-5-17(6-9-19)13-14-23-22(24)12-7-18-15-20(25-3)10-11-21(18)26-4/h5-6,8-11,15-16H,7,12-14H2,1-4H3,(H,23,24). The zero-order valence-electron chi connectivity index (χ0n) is 16.6. The Labute approximate surface area is 161 Å². The Morgan fingerprint density at radius 1 is 0.963 bits per heavy atom. The van der Waals surface area contributed by atoms with Crippen molar-refractivity contribution in [3.05, 3.63) is 53.6 Å². The molecule has 0 fully saturated rings. The van der Waals surface area contributed by atoms with Crippen LogP contribution in [-0.2, 0) is 17.6 Å². The lowest BCUT2D eigenvalue weighted by Crippen LogP contribution is -2.25. The Bertz CT molecular complexity index is 726. The summed E-state index contributed by atoms with van der Waals surface area (Å²) in [5.41, 5.74) is 2.13. The largest absolute Gasteiger partial charge is 0.497 e. The van der Waals surface area contributed by atoms with E-state index in [0.717, 1.165) is 29.2 Å². The molecule has 5 heteroatoms. The molecule has 0 aliphatic carbocycles. The smallest absolute Gasteiger partial charge is 0.220 e. The summed E-state index contributed by atoms with van der Waals surface area (Å²) in [7, 11) is 3.25. The van der Waals surface area contributed by atoms with E-state index in [9.17, 15) is 4.79 Å². The topological polar surface area (TPSA) is 56.8 Å². The molecule has 0 saturated heterocycles. The number of carbonyl (C=O) groups is 1. The predicted molar refractivity (Wildman–Crippen MR) is 107 cm³/mol. The zero-order chi connectivity index (χ0) is 19.6.